The Balaban J connectivity index is 1.85. The first kappa shape index (κ1) is 9.18. The standard InChI is InChI=1S/C18H25N/c1-13-6-7-14-12-17-15-5-3-4-8-18(15,16(14)11-13)9-10-19(17)2/h6-7,11,15,17H,3-5,8-10,12H2,1-2H3/t15-,17+,18+/m0/s1/i2D3. The molecule has 1 aromatic carbocycles. The van der Waals surface area contributed by atoms with Crippen LogP contribution in [0.3, 0.4) is 0 Å². The molecule has 1 saturated carbocycles. The minimum Gasteiger partial charge on any atom is -0.303 e. The second-order valence-electron chi connectivity index (χ2n) is 6.88. The molecule has 0 N–H and O–H groups in total. The van der Waals surface area contributed by atoms with Gasteiger partial charge >= 0.3 is 0 Å². The molecule has 19 heavy (non-hydrogen) atoms. The zero-order valence-corrected chi connectivity index (χ0v) is 11.8. The minimum absolute atomic E-state index is 0.205. The van der Waals surface area contributed by atoms with Crippen LogP contribution in [0.25, 0.3) is 0 Å². The highest BCUT2D eigenvalue weighted by molar-refractivity contribution is 5.43. The first-order chi connectivity index (χ1) is 10.4. The van der Waals surface area contributed by atoms with Gasteiger partial charge in [0.15, 0.2) is 0 Å². The maximum Gasteiger partial charge on any atom is 0.0394 e. The molecule has 1 heterocycles. The lowest BCUT2D eigenvalue weighted by atomic mass is 9.52. The molecule has 1 nitrogen and oxygen atoms in total. The predicted molar refractivity (Wildman–Crippen MR) is 79.6 cm³/mol. The van der Waals surface area contributed by atoms with Gasteiger partial charge in [-0.05, 0) is 63.2 Å². The molecule has 0 spiro atoms. The van der Waals surface area contributed by atoms with Crippen LogP contribution >= 0.6 is 0 Å². The predicted octanol–water partition coefficient (Wildman–Crippen LogP) is 3.68. The zero-order chi connectivity index (χ0) is 15.5. The third kappa shape index (κ3) is 1.57. The number of rotatable bonds is 0. The molecule has 0 radical (unpaired) electrons. The van der Waals surface area contributed by atoms with Gasteiger partial charge < -0.3 is 4.90 Å². The Bertz CT molecular complexity index is 594. The molecular formula is C18H25N. The van der Waals surface area contributed by atoms with Gasteiger partial charge in [0.25, 0.3) is 0 Å². The number of hydrogen-bond donors (Lipinski definition) is 0. The molecule has 1 aliphatic heterocycles. The zero-order valence-electron chi connectivity index (χ0n) is 14.8. The molecule has 2 aliphatic carbocycles. The maximum absolute atomic E-state index is 7.93. The van der Waals surface area contributed by atoms with Crippen molar-refractivity contribution in [2.24, 2.45) is 5.92 Å². The second kappa shape index (κ2) is 4.09. The SMILES string of the molecule is [2H]C([2H])([2H])N1CC[C@]23CCCC[C@H]2[C@H]1Cc1ccc(C)cc13. The van der Waals surface area contributed by atoms with Crippen molar-refractivity contribution < 1.29 is 4.11 Å². The van der Waals surface area contributed by atoms with Crippen molar-refractivity contribution in [3.63, 3.8) is 0 Å². The van der Waals surface area contributed by atoms with Crippen LogP contribution < -0.4 is 0 Å². The summed E-state index contributed by atoms with van der Waals surface area (Å²) in [6.45, 7) is 0.958. The molecule has 1 heteroatoms. The first-order valence-electron chi connectivity index (χ1n) is 9.29. The third-order valence-electron chi connectivity index (χ3n) is 5.99. The summed E-state index contributed by atoms with van der Waals surface area (Å²) in [6, 6.07) is 7.05. The number of likely N-dealkylation sites (tertiary alicyclic amines) is 1. The van der Waals surface area contributed by atoms with E-state index in [1.165, 1.54) is 36.8 Å². The van der Waals surface area contributed by atoms with E-state index in [2.05, 4.69) is 25.1 Å². The van der Waals surface area contributed by atoms with E-state index in [0.29, 0.717) is 5.92 Å². The molecule has 1 saturated heterocycles. The summed E-state index contributed by atoms with van der Waals surface area (Å²) in [5.74, 6) is 0.532. The van der Waals surface area contributed by atoms with Crippen LogP contribution in [-0.4, -0.2) is 24.5 Å². The van der Waals surface area contributed by atoms with Crippen molar-refractivity contribution >= 4 is 0 Å². The van der Waals surface area contributed by atoms with Crippen LogP contribution in [0.4, 0.5) is 0 Å². The van der Waals surface area contributed by atoms with Gasteiger partial charge in [0.2, 0.25) is 0 Å². The van der Waals surface area contributed by atoms with Gasteiger partial charge in [0.1, 0.15) is 0 Å². The summed E-state index contributed by atoms with van der Waals surface area (Å²) in [4.78, 5) is 1.84. The highest BCUT2D eigenvalue weighted by Crippen LogP contribution is 2.55. The molecule has 4 rings (SSSR count). The Hall–Kier alpha value is -0.820. The topological polar surface area (TPSA) is 3.24 Å². The van der Waals surface area contributed by atoms with Crippen LogP contribution in [0.5, 0.6) is 0 Å². The van der Waals surface area contributed by atoms with Gasteiger partial charge in [-0.25, -0.2) is 0 Å². The molecule has 2 fully saturated rings. The quantitative estimate of drug-likeness (QED) is 0.686. The van der Waals surface area contributed by atoms with E-state index in [1.807, 2.05) is 4.90 Å². The van der Waals surface area contributed by atoms with E-state index in [4.69, 9.17) is 4.11 Å². The van der Waals surface area contributed by atoms with E-state index < -0.39 is 6.98 Å². The number of hydrogen-bond acceptors (Lipinski definition) is 1. The maximum atomic E-state index is 7.93. The van der Waals surface area contributed by atoms with Gasteiger partial charge in [0.05, 0.1) is 0 Å². The summed E-state index contributed by atoms with van der Waals surface area (Å²) < 4.78 is 23.8. The van der Waals surface area contributed by atoms with Crippen LogP contribution in [0.2, 0.25) is 0 Å². The normalized spacial score (nSPS) is 40.6. The number of nitrogens with zero attached hydrogens (tertiary/aromatic N) is 1. The number of benzene rings is 1. The van der Waals surface area contributed by atoms with Crippen LogP contribution in [0.15, 0.2) is 18.2 Å². The monoisotopic (exact) mass is 258 g/mol. The number of fused-ring (bicyclic) bond motifs is 1. The van der Waals surface area contributed by atoms with E-state index in [0.717, 1.165) is 19.4 Å². The smallest absolute Gasteiger partial charge is 0.0394 e. The van der Waals surface area contributed by atoms with Gasteiger partial charge in [-0.15, -0.1) is 0 Å². The first-order valence-corrected chi connectivity index (χ1v) is 7.79. The summed E-state index contributed by atoms with van der Waals surface area (Å²) in [5, 5.41) is 0. The minimum atomic E-state index is -1.95. The average Bonchev–Trinajstić information content (AvgIpc) is 2.47. The third-order valence-corrected chi connectivity index (χ3v) is 5.99. The Labute approximate surface area is 121 Å². The van der Waals surface area contributed by atoms with E-state index in [9.17, 15) is 0 Å². The molecule has 2 bridgehead atoms. The number of aryl methyl sites for hydroxylation is 1. The molecule has 1 aromatic rings. The van der Waals surface area contributed by atoms with E-state index in [1.54, 1.807) is 5.56 Å². The van der Waals surface area contributed by atoms with Crippen molar-refractivity contribution in [3.8, 4) is 0 Å². The van der Waals surface area contributed by atoms with E-state index >= 15 is 0 Å². The van der Waals surface area contributed by atoms with Crippen molar-refractivity contribution in [3.05, 3.63) is 34.9 Å². The average molecular weight is 258 g/mol. The number of piperidine rings is 1. The molecule has 0 amide bonds. The summed E-state index contributed by atoms with van der Waals surface area (Å²) >= 11 is 0. The van der Waals surface area contributed by atoms with Crippen LogP contribution in [-0.2, 0) is 11.8 Å². The highest BCUT2D eigenvalue weighted by atomic mass is 15.1. The van der Waals surface area contributed by atoms with Crippen LogP contribution in [0, 0.1) is 12.8 Å². The van der Waals surface area contributed by atoms with Crippen LogP contribution in [0.1, 0.15) is 52.9 Å². The molecule has 0 unspecified atom stereocenters. The molecule has 3 atom stereocenters. The fourth-order valence-corrected chi connectivity index (χ4v) is 5.12. The Kier molecular flexibility index (Phi) is 1.97. The lowest BCUT2D eigenvalue weighted by Crippen LogP contribution is -2.59. The fourth-order valence-electron chi connectivity index (χ4n) is 5.12. The summed E-state index contributed by atoms with van der Waals surface area (Å²) in [6.07, 6.45) is 6.94. The van der Waals surface area contributed by atoms with Gasteiger partial charge in [-0.2, -0.15) is 0 Å². The lowest BCUT2D eigenvalue weighted by Gasteiger charge is -2.58. The molecule has 102 valence electrons. The Morgan fingerprint density at radius 2 is 2.26 bits per heavy atom. The second-order valence-corrected chi connectivity index (χ2v) is 6.88. The molecular weight excluding hydrogens is 230 g/mol. The molecule has 3 aliphatic rings. The summed E-state index contributed by atoms with van der Waals surface area (Å²) in [5.41, 5.74) is 4.56. The van der Waals surface area contributed by atoms with Gasteiger partial charge in [0, 0.05) is 15.6 Å². The Morgan fingerprint density at radius 1 is 1.32 bits per heavy atom. The van der Waals surface area contributed by atoms with Gasteiger partial charge in [-0.3, -0.25) is 0 Å². The van der Waals surface area contributed by atoms with Crippen molar-refractivity contribution in [1.82, 2.24) is 4.90 Å². The fraction of sp³-hybridized carbons (Fsp3) is 0.667. The van der Waals surface area contributed by atoms with Crippen molar-refractivity contribution in [1.29, 1.82) is 0 Å². The molecule has 0 aromatic heterocycles. The van der Waals surface area contributed by atoms with Crippen molar-refractivity contribution in [2.75, 3.05) is 13.5 Å². The lowest BCUT2D eigenvalue weighted by molar-refractivity contribution is 0.00283. The van der Waals surface area contributed by atoms with Gasteiger partial charge in [-0.1, -0.05) is 36.6 Å². The Morgan fingerprint density at radius 3 is 3.16 bits per heavy atom. The highest BCUT2D eigenvalue weighted by Gasteiger charge is 2.52. The summed E-state index contributed by atoms with van der Waals surface area (Å²) in [7, 11) is 0. The largest absolute Gasteiger partial charge is 0.303 e. The van der Waals surface area contributed by atoms with E-state index in [-0.39, 0.29) is 11.5 Å². The number of likely N-dealkylation sites (N-methyl/N-ethyl adjacent to an activating group) is 1. The van der Waals surface area contributed by atoms with Crippen molar-refractivity contribution in [2.45, 2.75) is 56.9 Å².